The Bertz CT molecular complexity index is 314. The summed E-state index contributed by atoms with van der Waals surface area (Å²) >= 11 is 0. The molecule has 0 bridgehead atoms. The van der Waals surface area contributed by atoms with Gasteiger partial charge in [0.05, 0.1) is 7.11 Å². The predicted molar refractivity (Wildman–Crippen MR) is 65.6 cm³/mol. The van der Waals surface area contributed by atoms with E-state index in [0.29, 0.717) is 6.42 Å². The highest BCUT2D eigenvalue weighted by molar-refractivity contribution is 5.85. The van der Waals surface area contributed by atoms with Crippen molar-refractivity contribution in [3.8, 4) is 0 Å². The van der Waals surface area contributed by atoms with E-state index in [1.165, 1.54) is 7.11 Å². The highest BCUT2D eigenvalue weighted by Gasteiger charge is 2.29. The number of halogens is 1. The summed E-state index contributed by atoms with van der Waals surface area (Å²) in [5.74, 6) is -0.388. The van der Waals surface area contributed by atoms with Crippen molar-refractivity contribution >= 4 is 18.4 Å². The summed E-state index contributed by atoms with van der Waals surface area (Å²) in [5, 5.41) is 0. The van der Waals surface area contributed by atoms with Crippen LogP contribution in [0.3, 0.4) is 0 Å². The third kappa shape index (κ3) is 4.61. The second-order valence-electron chi connectivity index (χ2n) is 3.57. The summed E-state index contributed by atoms with van der Waals surface area (Å²) in [4.78, 5) is 11.3. The van der Waals surface area contributed by atoms with E-state index in [2.05, 4.69) is 4.74 Å². The average Bonchev–Trinajstić information content (AvgIpc) is 2.17. The van der Waals surface area contributed by atoms with Crippen molar-refractivity contribution in [3.05, 3.63) is 35.9 Å². The van der Waals surface area contributed by atoms with Crippen LogP contribution >= 0.6 is 12.4 Å². The number of rotatable bonds is 3. The zero-order chi connectivity index (χ0) is 10.6. The lowest BCUT2D eigenvalue weighted by Gasteiger charge is -2.21. The fraction of sp³-hybridized carbons (Fsp3) is 0.364. The maximum atomic E-state index is 11.3. The Hall–Kier alpha value is -1.10. The van der Waals surface area contributed by atoms with Crippen molar-refractivity contribution < 1.29 is 15.0 Å². The Labute approximate surface area is 102 Å². The average molecular weight is 248 g/mol. The van der Waals surface area contributed by atoms with Gasteiger partial charge in [0.1, 0.15) is 5.54 Å². The molecule has 92 valence electrons. The van der Waals surface area contributed by atoms with Gasteiger partial charge < -0.3 is 15.9 Å². The Morgan fingerprint density at radius 2 is 1.88 bits per heavy atom. The van der Waals surface area contributed by atoms with Crippen LogP contribution in [0.25, 0.3) is 0 Å². The predicted octanol–water partition coefficient (Wildman–Crippen LogP) is 0.717. The van der Waals surface area contributed by atoms with E-state index < -0.39 is 5.54 Å². The second kappa shape index (κ2) is 7.22. The van der Waals surface area contributed by atoms with Crippen LogP contribution in [-0.4, -0.2) is 24.1 Å². The SMILES string of the molecule is COC(=O)C(C)(N)Cc1ccccc1.Cl.O. The zero-order valence-electron chi connectivity index (χ0n) is 9.40. The minimum atomic E-state index is -0.948. The van der Waals surface area contributed by atoms with Crippen molar-refractivity contribution in [1.29, 1.82) is 0 Å². The number of carbonyl (C=O) groups excluding carboxylic acids is 1. The molecule has 4 nitrogen and oxygen atoms in total. The summed E-state index contributed by atoms with van der Waals surface area (Å²) in [6, 6.07) is 9.64. The van der Waals surface area contributed by atoms with E-state index in [1.807, 2.05) is 30.3 Å². The van der Waals surface area contributed by atoms with Crippen LogP contribution in [0, 0.1) is 0 Å². The molecule has 16 heavy (non-hydrogen) atoms. The minimum absolute atomic E-state index is 0. The van der Waals surface area contributed by atoms with E-state index >= 15 is 0 Å². The first kappa shape index (κ1) is 17.3. The molecule has 0 radical (unpaired) electrons. The molecular formula is C11H18ClNO3. The first-order valence-electron chi connectivity index (χ1n) is 4.47. The Balaban J connectivity index is 0. The van der Waals surface area contributed by atoms with Crippen LogP contribution in [0.15, 0.2) is 30.3 Å². The second-order valence-corrected chi connectivity index (χ2v) is 3.57. The van der Waals surface area contributed by atoms with E-state index in [-0.39, 0.29) is 23.9 Å². The molecule has 0 saturated heterocycles. The molecule has 5 heteroatoms. The highest BCUT2D eigenvalue weighted by atomic mass is 35.5. The molecule has 1 aromatic rings. The van der Waals surface area contributed by atoms with E-state index in [4.69, 9.17) is 5.73 Å². The Kier molecular flexibility index (Phi) is 7.81. The van der Waals surface area contributed by atoms with Gasteiger partial charge in [-0.05, 0) is 12.5 Å². The molecule has 0 heterocycles. The molecule has 0 saturated carbocycles. The fourth-order valence-electron chi connectivity index (χ4n) is 1.33. The molecule has 0 fully saturated rings. The monoisotopic (exact) mass is 247 g/mol. The highest BCUT2D eigenvalue weighted by Crippen LogP contribution is 2.11. The van der Waals surface area contributed by atoms with Crippen molar-refractivity contribution in [2.24, 2.45) is 5.73 Å². The van der Waals surface area contributed by atoms with Gasteiger partial charge in [-0.15, -0.1) is 12.4 Å². The van der Waals surface area contributed by atoms with E-state index in [9.17, 15) is 4.79 Å². The summed E-state index contributed by atoms with van der Waals surface area (Å²) in [6.07, 6.45) is 0.487. The van der Waals surface area contributed by atoms with Crippen LogP contribution in [0.5, 0.6) is 0 Å². The molecule has 0 aromatic heterocycles. The number of benzene rings is 1. The van der Waals surface area contributed by atoms with Gasteiger partial charge in [-0.2, -0.15) is 0 Å². The lowest BCUT2D eigenvalue weighted by Crippen LogP contribution is -2.47. The summed E-state index contributed by atoms with van der Waals surface area (Å²) in [7, 11) is 1.35. The number of methoxy groups -OCH3 is 1. The van der Waals surface area contributed by atoms with Gasteiger partial charge in [-0.25, -0.2) is 0 Å². The first-order chi connectivity index (χ1) is 6.56. The fourth-order valence-corrected chi connectivity index (χ4v) is 1.33. The maximum absolute atomic E-state index is 11.3. The van der Waals surface area contributed by atoms with Crippen molar-refractivity contribution in [1.82, 2.24) is 0 Å². The van der Waals surface area contributed by atoms with Crippen molar-refractivity contribution in [2.75, 3.05) is 7.11 Å². The third-order valence-electron chi connectivity index (χ3n) is 2.07. The van der Waals surface area contributed by atoms with Crippen LogP contribution in [0.2, 0.25) is 0 Å². The van der Waals surface area contributed by atoms with Crippen LogP contribution in [0.1, 0.15) is 12.5 Å². The molecule has 0 amide bonds. The van der Waals surface area contributed by atoms with E-state index in [0.717, 1.165) is 5.56 Å². The van der Waals surface area contributed by atoms with Crippen LogP contribution in [0.4, 0.5) is 0 Å². The van der Waals surface area contributed by atoms with Gasteiger partial charge in [0.15, 0.2) is 0 Å². The molecule has 0 aliphatic carbocycles. The molecule has 1 rings (SSSR count). The molecule has 1 unspecified atom stereocenters. The summed E-state index contributed by atoms with van der Waals surface area (Å²) < 4.78 is 4.62. The normalized spacial score (nSPS) is 12.7. The van der Waals surface area contributed by atoms with Gasteiger partial charge >= 0.3 is 5.97 Å². The van der Waals surface area contributed by atoms with Gasteiger partial charge in [0.2, 0.25) is 0 Å². The number of esters is 1. The third-order valence-corrected chi connectivity index (χ3v) is 2.07. The Morgan fingerprint density at radius 3 is 2.31 bits per heavy atom. The summed E-state index contributed by atoms with van der Waals surface area (Å²) in [6.45, 7) is 1.67. The lowest BCUT2D eigenvalue weighted by atomic mass is 9.94. The minimum Gasteiger partial charge on any atom is -0.468 e. The molecule has 4 N–H and O–H groups in total. The molecule has 0 spiro atoms. The zero-order valence-corrected chi connectivity index (χ0v) is 10.2. The Morgan fingerprint density at radius 1 is 1.38 bits per heavy atom. The first-order valence-corrected chi connectivity index (χ1v) is 4.47. The molecular weight excluding hydrogens is 230 g/mol. The van der Waals surface area contributed by atoms with E-state index in [1.54, 1.807) is 6.92 Å². The molecule has 1 atom stereocenters. The van der Waals surface area contributed by atoms with Crippen molar-refractivity contribution in [3.63, 3.8) is 0 Å². The number of carbonyl (C=O) groups is 1. The maximum Gasteiger partial charge on any atom is 0.325 e. The van der Waals surface area contributed by atoms with Crippen LogP contribution < -0.4 is 5.73 Å². The number of ether oxygens (including phenoxy) is 1. The standard InChI is InChI=1S/C11H15NO2.ClH.H2O/c1-11(12,10(13)14-2)8-9-6-4-3-5-7-9;;/h3-7H,8,12H2,1-2H3;1H;1H2. The van der Waals surface area contributed by atoms with Gasteiger partial charge in [-0.1, -0.05) is 30.3 Å². The molecule has 0 aliphatic heterocycles. The van der Waals surface area contributed by atoms with Gasteiger partial charge in [-0.3, -0.25) is 4.79 Å². The topological polar surface area (TPSA) is 83.8 Å². The summed E-state index contributed by atoms with van der Waals surface area (Å²) in [5.41, 5.74) is 5.91. The quantitative estimate of drug-likeness (QED) is 0.799. The largest absolute Gasteiger partial charge is 0.468 e. The van der Waals surface area contributed by atoms with Crippen LogP contribution in [-0.2, 0) is 16.0 Å². The number of hydrogen-bond donors (Lipinski definition) is 1. The van der Waals surface area contributed by atoms with Gasteiger partial charge in [0, 0.05) is 6.42 Å². The van der Waals surface area contributed by atoms with Crippen molar-refractivity contribution in [2.45, 2.75) is 18.9 Å². The van der Waals surface area contributed by atoms with Gasteiger partial charge in [0.25, 0.3) is 0 Å². The smallest absolute Gasteiger partial charge is 0.325 e. The number of nitrogens with two attached hydrogens (primary N) is 1. The molecule has 0 aliphatic rings. The lowest BCUT2D eigenvalue weighted by molar-refractivity contribution is -0.146. The number of hydrogen-bond acceptors (Lipinski definition) is 3. The molecule has 1 aromatic carbocycles.